The Morgan fingerprint density at radius 1 is 1.12 bits per heavy atom. The van der Waals surface area contributed by atoms with Gasteiger partial charge < -0.3 is 24.1 Å². The maximum atomic E-state index is 12.5. The van der Waals surface area contributed by atoms with Crippen molar-refractivity contribution in [3.05, 3.63) is 52.8 Å². The minimum absolute atomic E-state index is 0.162. The predicted molar refractivity (Wildman–Crippen MR) is 125 cm³/mol. The minimum Gasteiger partial charge on any atom is -0.497 e. The van der Waals surface area contributed by atoms with Gasteiger partial charge in [-0.2, -0.15) is 0 Å². The van der Waals surface area contributed by atoms with E-state index in [-0.39, 0.29) is 18.3 Å². The fourth-order valence-corrected chi connectivity index (χ4v) is 3.87. The number of hydrogen-bond donors (Lipinski definition) is 1. The number of nitrogens with zero attached hydrogens (tertiary/aromatic N) is 3. The number of rotatable bonds is 10. The van der Waals surface area contributed by atoms with E-state index >= 15 is 0 Å². The van der Waals surface area contributed by atoms with Gasteiger partial charge in [-0.25, -0.2) is 0 Å². The quantitative estimate of drug-likeness (QED) is 0.428. The largest absolute Gasteiger partial charge is 0.497 e. The van der Waals surface area contributed by atoms with Crippen LogP contribution in [0.3, 0.4) is 0 Å². The Kier molecular flexibility index (Phi) is 8.24. The monoisotopic (exact) mass is 476 g/mol. The summed E-state index contributed by atoms with van der Waals surface area (Å²) in [5, 5.41) is 12.6. The lowest BCUT2D eigenvalue weighted by Crippen LogP contribution is -2.15. The number of halogens is 1. The molecule has 1 heterocycles. The molecule has 0 radical (unpaired) electrons. The molecule has 2 aromatic carbocycles. The second kappa shape index (κ2) is 11.1. The second-order valence-corrected chi connectivity index (χ2v) is 8.10. The Balaban J connectivity index is 1.61. The van der Waals surface area contributed by atoms with E-state index in [1.165, 1.54) is 11.8 Å². The van der Waals surface area contributed by atoms with E-state index in [0.29, 0.717) is 45.5 Å². The predicted octanol–water partition coefficient (Wildman–Crippen LogP) is 4.59. The zero-order chi connectivity index (χ0) is 23.1. The summed E-state index contributed by atoms with van der Waals surface area (Å²) < 4.78 is 18.3. The van der Waals surface area contributed by atoms with E-state index < -0.39 is 0 Å². The third kappa shape index (κ3) is 5.86. The third-order valence-electron chi connectivity index (χ3n) is 4.62. The zero-order valence-electron chi connectivity index (χ0n) is 18.3. The van der Waals surface area contributed by atoms with Gasteiger partial charge in [-0.15, -0.1) is 10.2 Å². The molecule has 0 unspecified atom stereocenters. The summed E-state index contributed by atoms with van der Waals surface area (Å²) in [6.07, 6.45) is 0. The number of carbonyl (C=O) groups excluding carboxylic acids is 1. The Labute approximate surface area is 196 Å². The van der Waals surface area contributed by atoms with Crippen LogP contribution < -0.4 is 19.5 Å². The maximum Gasteiger partial charge on any atom is 0.234 e. The van der Waals surface area contributed by atoms with Gasteiger partial charge in [0.25, 0.3) is 0 Å². The number of nitrogens with one attached hydrogen (secondary N) is 1. The summed E-state index contributed by atoms with van der Waals surface area (Å²) in [6.45, 7) is 4.82. The van der Waals surface area contributed by atoms with Crippen molar-refractivity contribution in [2.75, 3.05) is 25.3 Å². The topological polar surface area (TPSA) is 87.5 Å². The first kappa shape index (κ1) is 23.7. The van der Waals surface area contributed by atoms with Crippen LogP contribution in [0.4, 0.5) is 5.69 Å². The van der Waals surface area contributed by atoms with Crippen LogP contribution >= 0.6 is 23.4 Å². The first-order chi connectivity index (χ1) is 15.4. The summed E-state index contributed by atoms with van der Waals surface area (Å²) in [4.78, 5) is 12.5. The molecule has 1 aromatic heterocycles. The fourth-order valence-electron chi connectivity index (χ4n) is 2.93. The van der Waals surface area contributed by atoms with Crippen LogP contribution in [0, 0.1) is 6.92 Å². The first-order valence-electron chi connectivity index (χ1n) is 9.90. The smallest absolute Gasteiger partial charge is 0.234 e. The van der Waals surface area contributed by atoms with Crippen molar-refractivity contribution in [3.8, 4) is 17.2 Å². The highest BCUT2D eigenvalue weighted by molar-refractivity contribution is 7.99. The van der Waals surface area contributed by atoms with Crippen LogP contribution in [0.15, 0.2) is 41.6 Å². The number of thioether (sulfide) groups is 1. The van der Waals surface area contributed by atoms with Gasteiger partial charge in [-0.1, -0.05) is 23.4 Å². The molecule has 0 bridgehead atoms. The standard InChI is InChI=1S/C22H25ClN4O4S/c1-5-27-20(12-31-16-6-8-17(23)14(2)10-16)25-26-22(27)32-13-21(28)24-18-11-15(29-3)7-9-19(18)30-4/h6-11H,5,12-13H2,1-4H3,(H,24,28). The molecule has 0 aliphatic carbocycles. The number of ether oxygens (including phenoxy) is 3. The molecule has 0 fully saturated rings. The lowest BCUT2D eigenvalue weighted by molar-refractivity contribution is -0.113. The SMILES string of the molecule is CCn1c(COc2ccc(Cl)c(C)c2)nnc1SCC(=O)Nc1cc(OC)ccc1OC. The van der Waals surface area contributed by atoms with Gasteiger partial charge in [0.1, 0.15) is 23.9 Å². The summed E-state index contributed by atoms with van der Waals surface area (Å²) in [5.41, 5.74) is 1.48. The van der Waals surface area contributed by atoms with Crippen LogP contribution in [0.5, 0.6) is 17.2 Å². The molecule has 0 saturated heterocycles. The van der Waals surface area contributed by atoms with Gasteiger partial charge in [0.2, 0.25) is 5.91 Å². The molecule has 32 heavy (non-hydrogen) atoms. The normalized spacial score (nSPS) is 10.7. The van der Waals surface area contributed by atoms with Crippen molar-refractivity contribution in [2.45, 2.75) is 32.2 Å². The van der Waals surface area contributed by atoms with Crippen molar-refractivity contribution < 1.29 is 19.0 Å². The summed E-state index contributed by atoms with van der Waals surface area (Å²) >= 11 is 7.36. The zero-order valence-corrected chi connectivity index (χ0v) is 19.9. The number of carbonyl (C=O) groups is 1. The molecule has 3 rings (SSSR count). The number of anilines is 1. The van der Waals surface area contributed by atoms with Gasteiger partial charge >= 0.3 is 0 Å². The highest BCUT2D eigenvalue weighted by Gasteiger charge is 2.15. The minimum atomic E-state index is -0.193. The van der Waals surface area contributed by atoms with Crippen molar-refractivity contribution >= 4 is 35.0 Å². The number of benzene rings is 2. The molecule has 0 saturated carbocycles. The van der Waals surface area contributed by atoms with Crippen LogP contribution in [0.1, 0.15) is 18.3 Å². The summed E-state index contributed by atoms with van der Waals surface area (Å²) in [5.74, 6) is 2.53. The molecule has 0 aliphatic heterocycles. The van der Waals surface area contributed by atoms with E-state index in [9.17, 15) is 4.79 Å². The molecule has 0 spiro atoms. The van der Waals surface area contributed by atoms with Crippen LogP contribution in [-0.4, -0.2) is 40.6 Å². The highest BCUT2D eigenvalue weighted by Crippen LogP contribution is 2.29. The molecule has 0 aliphatic rings. The molecule has 1 N–H and O–H groups in total. The number of aryl methyl sites for hydroxylation is 1. The lowest BCUT2D eigenvalue weighted by atomic mass is 10.2. The molecular weight excluding hydrogens is 452 g/mol. The van der Waals surface area contributed by atoms with Crippen molar-refractivity contribution in [3.63, 3.8) is 0 Å². The third-order valence-corrected chi connectivity index (χ3v) is 6.01. The van der Waals surface area contributed by atoms with E-state index in [0.717, 1.165) is 5.56 Å². The molecule has 3 aromatic rings. The van der Waals surface area contributed by atoms with E-state index in [4.69, 9.17) is 25.8 Å². The number of aromatic nitrogens is 3. The van der Waals surface area contributed by atoms with E-state index in [1.807, 2.05) is 30.5 Å². The lowest BCUT2D eigenvalue weighted by Gasteiger charge is -2.12. The Morgan fingerprint density at radius 3 is 2.59 bits per heavy atom. The first-order valence-corrected chi connectivity index (χ1v) is 11.3. The highest BCUT2D eigenvalue weighted by atomic mass is 35.5. The van der Waals surface area contributed by atoms with Crippen molar-refractivity contribution in [1.29, 1.82) is 0 Å². The molecule has 170 valence electrons. The maximum absolute atomic E-state index is 12.5. The fraction of sp³-hybridized carbons (Fsp3) is 0.318. The molecule has 8 nitrogen and oxygen atoms in total. The van der Waals surface area contributed by atoms with Gasteiger partial charge in [-0.05, 0) is 49.7 Å². The Hall–Kier alpha value is -2.91. The average molecular weight is 477 g/mol. The van der Waals surface area contributed by atoms with Gasteiger partial charge in [0, 0.05) is 17.6 Å². The summed E-state index contributed by atoms with van der Waals surface area (Å²) in [6, 6.07) is 10.7. The van der Waals surface area contributed by atoms with Gasteiger partial charge in [-0.3, -0.25) is 4.79 Å². The second-order valence-electron chi connectivity index (χ2n) is 6.75. The Bertz CT molecular complexity index is 1090. The van der Waals surface area contributed by atoms with Crippen LogP contribution in [0.25, 0.3) is 0 Å². The number of hydrogen-bond acceptors (Lipinski definition) is 7. The molecule has 10 heteroatoms. The average Bonchev–Trinajstić information content (AvgIpc) is 3.20. The van der Waals surface area contributed by atoms with Crippen LogP contribution in [-0.2, 0) is 17.9 Å². The molecule has 1 amide bonds. The summed E-state index contributed by atoms with van der Waals surface area (Å²) in [7, 11) is 3.11. The number of methoxy groups -OCH3 is 2. The van der Waals surface area contributed by atoms with Gasteiger partial charge in [0.05, 0.1) is 25.7 Å². The van der Waals surface area contributed by atoms with Crippen LogP contribution in [0.2, 0.25) is 5.02 Å². The molecule has 0 atom stereocenters. The number of amides is 1. The van der Waals surface area contributed by atoms with E-state index in [2.05, 4.69) is 15.5 Å². The molecular formula is C22H25ClN4O4S. The van der Waals surface area contributed by atoms with Crippen molar-refractivity contribution in [2.24, 2.45) is 0 Å². The van der Waals surface area contributed by atoms with Crippen molar-refractivity contribution in [1.82, 2.24) is 14.8 Å². The van der Waals surface area contributed by atoms with Gasteiger partial charge in [0.15, 0.2) is 11.0 Å². The van der Waals surface area contributed by atoms with E-state index in [1.54, 1.807) is 38.5 Å². The Morgan fingerprint density at radius 2 is 1.91 bits per heavy atom.